The van der Waals surface area contributed by atoms with Gasteiger partial charge < -0.3 is 10.5 Å². The van der Waals surface area contributed by atoms with Crippen LogP contribution in [-0.4, -0.2) is 30.8 Å². The topological polar surface area (TPSA) is 77.0 Å². The fraction of sp³-hybridized carbons (Fsp3) is 0.222. The lowest BCUT2D eigenvalue weighted by molar-refractivity contribution is -0.114. The van der Waals surface area contributed by atoms with Crippen molar-refractivity contribution in [2.45, 2.75) is 6.04 Å². The highest BCUT2D eigenvalue weighted by molar-refractivity contribution is 6.32. The number of aliphatic imine (C=N–C) groups is 2. The third-order valence-corrected chi connectivity index (χ3v) is 1.94. The van der Waals surface area contributed by atoms with Gasteiger partial charge in [0.15, 0.2) is 0 Å². The number of fused-ring (bicyclic) bond motifs is 1. The van der Waals surface area contributed by atoms with Crippen LogP contribution in [0.25, 0.3) is 0 Å². The van der Waals surface area contributed by atoms with Gasteiger partial charge >= 0.3 is 6.02 Å². The van der Waals surface area contributed by atoms with Gasteiger partial charge in [0, 0.05) is 6.04 Å². The molecule has 0 spiro atoms. The molecule has 0 aromatic heterocycles. The van der Waals surface area contributed by atoms with Crippen LogP contribution in [0, 0.1) is 0 Å². The standard InChI is InChI=1S/C9H9N3O2/c1-14-9-11-7-3-2-5(10)4-6(7)8(13)12-9/h2-5H,10H2,1H3. The van der Waals surface area contributed by atoms with E-state index in [4.69, 9.17) is 10.5 Å². The number of hydrogen-bond acceptors (Lipinski definition) is 4. The summed E-state index contributed by atoms with van der Waals surface area (Å²) in [7, 11) is 1.42. The number of nitrogens with zero attached hydrogens (tertiary/aromatic N) is 2. The smallest absolute Gasteiger partial charge is 0.320 e. The Bertz CT molecular complexity index is 404. The average Bonchev–Trinajstić information content (AvgIpc) is 2.19. The van der Waals surface area contributed by atoms with Crippen LogP contribution >= 0.6 is 0 Å². The van der Waals surface area contributed by atoms with E-state index >= 15 is 0 Å². The second kappa shape index (κ2) is 3.19. The first-order valence-corrected chi connectivity index (χ1v) is 4.12. The van der Waals surface area contributed by atoms with Gasteiger partial charge in [0.25, 0.3) is 5.91 Å². The molecule has 2 rings (SSSR count). The number of hydrogen-bond donors (Lipinski definition) is 1. The molecule has 0 radical (unpaired) electrons. The lowest BCUT2D eigenvalue weighted by Crippen LogP contribution is -2.26. The number of carbonyl (C=O) groups excluding carboxylic acids is 1. The number of amidine groups is 1. The Balaban J connectivity index is 2.42. The molecule has 1 aliphatic heterocycles. The number of methoxy groups -OCH3 is 1. The predicted octanol–water partition coefficient (Wildman–Crippen LogP) is -0.207. The summed E-state index contributed by atoms with van der Waals surface area (Å²) in [5.74, 6) is -0.355. The first-order valence-electron chi connectivity index (χ1n) is 4.12. The van der Waals surface area contributed by atoms with E-state index in [0.717, 1.165) is 0 Å². The summed E-state index contributed by atoms with van der Waals surface area (Å²) in [6.45, 7) is 0. The van der Waals surface area contributed by atoms with Gasteiger partial charge in [0.2, 0.25) is 0 Å². The molecule has 0 saturated heterocycles. The van der Waals surface area contributed by atoms with Crippen molar-refractivity contribution in [2.24, 2.45) is 15.7 Å². The zero-order valence-corrected chi connectivity index (χ0v) is 7.60. The lowest BCUT2D eigenvalue weighted by Gasteiger charge is -2.15. The normalized spacial score (nSPS) is 24.9. The molecule has 5 heteroatoms. The molecule has 1 amide bonds. The molecule has 0 aromatic rings. The van der Waals surface area contributed by atoms with E-state index in [1.807, 2.05) is 0 Å². The molecule has 14 heavy (non-hydrogen) atoms. The molecule has 5 nitrogen and oxygen atoms in total. The summed E-state index contributed by atoms with van der Waals surface area (Å²) in [5, 5.41) is 0. The Morgan fingerprint density at radius 1 is 1.50 bits per heavy atom. The highest BCUT2D eigenvalue weighted by atomic mass is 16.5. The third kappa shape index (κ3) is 1.38. The monoisotopic (exact) mass is 191 g/mol. The number of carbonyl (C=O) groups is 1. The number of nitrogens with two attached hydrogens (primary N) is 1. The van der Waals surface area contributed by atoms with E-state index in [1.165, 1.54) is 7.11 Å². The van der Waals surface area contributed by atoms with Crippen LogP contribution in [0.4, 0.5) is 0 Å². The molecule has 0 aromatic carbocycles. The van der Waals surface area contributed by atoms with Crippen molar-refractivity contribution in [1.82, 2.24) is 0 Å². The van der Waals surface area contributed by atoms with E-state index < -0.39 is 0 Å². The van der Waals surface area contributed by atoms with Gasteiger partial charge in [0.05, 0.1) is 18.4 Å². The fourth-order valence-corrected chi connectivity index (χ4v) is 1.27. The van der Waals surface area contributed by atoms with E-state index in [2.05, 4.69) is 9.98 Å². The van der Waals surface area contributed by atoms with Gasteiger partial charge in [0.1, 0.15) is 0 Å². The third-order valence-electron chi connectivity index (χ3n) is 1.94. The number of allylic oxidation sites excluding steroid dienone is 1. The van der Waals surface area contributed by atoms with Gasteiger partial charge in [-0.3, -0.25) is 4.79 Å². The van der Waals surface area contributed by atoms with Crippen molar-refractivity contribution in [3.05, 3.63) is 23.8 Å². The minimum Gasteiger partial charge on any atom is -0.467 e. The van der Waals surface area contributed by atoms with Crippen molar-refractivity contribution in [3.8, 4) is 0 Å². The summed E-state index contributed by atoms with van der Waals surface area (Å²) in [6.07, 6.45) is 5.09. The van der Waals surface area contributed by atoms with Crippen molar-refractivity contribution in [3.63, 3.8) is 0 Å². The first-order chi connectivity index (χ1) is 6.70. The van der Waals surface area contributed by atoms with Crippen molar-refractivity contribution >= 4 is 17.6 Å². The van der Waals surface area contributed by atoms with Crippen LogP contribution in [0.5, 0.6) is 0 Å². The summed E-state index contributed by atoms with van der Waals surface area (Å²) < 4.78 is 4.79. The zero-order chi connectivity index (χ0) is 10.1. The molecular weight excluding hydrogens is 182 g/mol. The Hall–Kier alpha value is -1.75. The van der Waals surface area contributed by atoms with Crippen LogP contribution < -0.4 is 5.73 Å². The molecule has 0 saturated carbocycles. The van der Waals surface area contributed by atoms with Gasteiger partial charge in [-0.05, 0) is 12.2 Å². The minimum atomic E-state index is -0.355. The fourth-order valence-electron chi connectivity index (χ4n) is 1.27. The molecule has 0 fully saturated rings. The predicted molar refractivity (Wildman–Crippen MR) is 52.1 cm³/mol. The molecule has 2 N–H and O–H groups in total. The molecule has 1 unspecified atom stereocenters. The van der Waals surface area contributed by atoms with Crippen molar-refractivity contribution < 1.29 is 9.53 Å². The number of amides is 1. The molecular formula is C9H9N3O2. The summed E-state index contributed by atoms with van der Waals surface area (Å²) in [6, 6.07) is -0.158. The van der Waals surface area contributed by atoms with Gasteiger partial charge in [-0.15, -0.1) is 0 Å². The maximum absolute atomic E-state index is 11.4. The SMILES string of the molecule is COC1=NC(=O)C2=CC(N)C=CC2=N1. The Morgan fingerprint density at radius 3 is 3.00 bits per heavy atom. The second-order valence-electron chi connectivity index (χ2n) is 2.92. The lowest BCUT2D eigenvalue weighted by atomic mass is 10.00. The van der Waals surface area contributed by atoms with Gasteiger partial charge in [-0.2, -0.15) is 9.98 Å². The van der Waals surface area contributed by atoms with Crippen LogP contribution in [0.2, 0.25) is 0 Å². The summed E-state index contributed by atoms with van der Waals surface area (Å²) in [5.41, 5.74) is 6.62. The van der Waals surface area contributed by atoms with Crippen LogP contribution in [0.1, 0.15) is 0 Å². The Labute approximate surface area is 80.7 Å². The highest BCUT2D eigenvalue weighted by Gasteiger charge is 2.23. The maximum atomic E-state index is 11.4. The first kappa shape index (κ1) is 8.83. The van der Waals surface area contributed by atoms with Crippen LogP contribution in [0.15, 0.2) is 33.8 Å². The Morgan fingerprint density at radius 2 is 2.29 bits per heavy atom. The molecule has 2 aliphatic rings. The van der Waals surface area contributed by atoms with E-state index in [-0.39, 0.29) is 18.0 Å². The van der Waals surface area contributed by atoms with Crippen molar-refractivity contribution in [1.29, 1.82) is 0 Å². The maximum Gasteiger partial charge on any atom is 0.320 e. The quantitative estimate of drug-likeness (QED) is 0.575. The van der Waals surface area contributed by atoms with Gasteiger partial charge in [-0.25, -0.2) is 0 Å². The summed E-state index contributed by atoms with van der Waals surface area (Å²) >= 11 is 0. The largest absolute Gasteiger partial charge is 0.467 e. The molecule has 72 valence electrons. The van der Waals surface area contributed by atoms with Crippen molar-refractivity contribution in [2.75, 3.05) is 7.11 Å². The molecule has 1 atom stereocenters. The minimum absolute atomic E-state index is 0.0854. The molecule has 1 aliphatic carbocycles. The van der Waals surface area contributed by atoms with Gasteiger partial charge in [-0.1, -0.05) is 6.08 Å². The number of rotatable bonds is 0. The molecule has 0 bridgehead atoms. The molecule has 1 heterocycles. The van der Waals surface area contributed by atoms with E-state index in [9.17, 15) is 4.79 Å². The van der Waals surface area contributed by atoms with Crippen LogP contribution in [0.3, 0.4) is 0 Å². The van der Waals surface area contributed by atoms with E-state index in [1.54, 1.807) is 18.2 Å². The van der Waals surface area contributed by atoms with Crippen LogP contribution in [-0.2, 0) is 9.53 Å². The zero-order valence-electron chi connectivity index (χ0n) is 7.60. The Kier molecular flexibility index (Phi) is 2.01. The number of ether oxygens (including phenoxy) is 1. The second-order valence-corrected chi connectivity index (χ2v) is 2.92. The average molecular weight is 191 g/mol. The van der Waals surface area contributed by atoms with E-state index in [0.29, 0.717) is 11.3 Å². The summed E-state index contributed by atoms with van der Waals surface area (Å²) in [4.78, 5) is 19.1. The highest BCUT2D eigenvalue weighted by Crippen LogP contribution is 2.14.